The van der Waals surface area contributed by atoms with Crippen LogP contribution in [0.5, 0.6) is 0 Å². The molecule has 0 fully saturated rings. The van der Waals surface area contributed by atoms with Gasteiger partial charge in [0.2, 0.25) is 0 Å². The van der Waals surface area contributed by atoms with E-state index in [1.807, 2.05) is 48.5 Å². The topological polar surface area (TPSA) is 101 Å². The molecule has 0 amide bonds. The van der Waals surface area contributed by atoms with Gasteiger partial charge in [-0.1, -0.05) is 60.7 Å². The van der Waals surface area contributed by atoms with Gasteiger partial charge in [-0.25, -0.2) is 9.59 Å². The Bertz CT molecular complexity index is 1470. The van der Waals surface area contributed by atoms with Gasteiger partial charge < -0.3 is 15.2 Å². The van der Waals surface area contributed by atoms with Gasteiger partial charge in [0.1, 0.15) is 10.5 Å². The summed E-state index contributed by atoms with van der Waals surface area (Å²) in [5.74, 6) is -2.22. The Kier molecular flexibility index (Phi) is 7.02. The van der Waals surface area contributed by atoms with Crippen LogP contribution in [0.2, 0.25) is 0 Å². The average molecular weight is 491 g/mol. The highest BCUT2D eigenvalue weighted by molar-refractivity contribution is 7.07. The molecule has 0 spiro atoms. The Labute approximate surface area is 206 Å². The number of benzene rings is 2. The molecule has 1 aliphatic rings. The molecule has 0 aliphatic carbocycles. The van der Waals surface area contributed by atoms with Gasteiger partial charge in [-0.2, -0.15) is 0 Å². The number of ether oxygens (including phenoxy) is 2. The van der Waals surface area contributed by atoms with Crippen molar-refractivity contribution in [3.63, 3.8) is 0 Å². The largest absolute Gasteiger partial charge is 0.463 e. The van der Waals surface area contributed by atoms with E-state index in [4.69, 9.17) is 15.2 Å². The molecule has 180 valence electrons. The van der Waals surface area contributed by atoms with Crippen molar-refractivity contribution in [2.75, 3.05) is 6.61 Å². The van der Waals surface area contributed by atoms with E-state index in [9.17, 15) is 14.4 Å². The number of esters is 2. The second-order valence-electron chi connectivity index (χ2n) is 8.20. The van der Waals surface area contributed by atoms with Gasteiger partial charge in [-0.3, -0.25) is 9.36 Å². The number of hydrogen-bond donors (Lipinski definition) is 1. The first-order chi connectivity index (χ1) is 16.8. The van der Waals surface area contributed by atoms with Crippen LogP contribution in [-0.2, 0) is 19.1 Å². The second-order valence-corrected chi connectivity index (χ2v) is 9.23. The van der Waals surface area contributed by atoms with Crippen LogP contribution in [0.3, 0.4) is 0 Å². The van der Waals surface area contributed by atoms with E-state index >= 15 is 0 Å². The van der Waals surface area contributed by atoms with E-state index in [0.29, 0.717) is 14.8 Å². The number of carbonyl (C=O) groups excluding carboxylic acids is 2. The average Bonchev–Trinajstić information content (AvgIpc) is 3.15. The molecule has 7 nitrogen and oxygen atoms in total. The summed E-state index contributed by atoms with van der Waals surface area (Å²) in [4.78, 5) is 40.1. The highest BCUT2D eigenvalue weighted by Crippen LogP contribution is 2.37. The Morgan fingerprint density at radius 1 is 1.03 bits per heavy atom. The van der Waals surface area contributed by atoms with E-state index in [1.165, 1.54) is 4.57 Å². The van der Waals surface area contributed by atoms with Crippen LogP contribution in [-0.4, -0.2) is 29.2 Å². The third-order valence-corrected chi connectivity index (χ3v) is 6.54. The van der Waals surface area contributed by atoms with Crippen molar-refractivity contribution in [1.29, 1.82) is 0 Å². The molecule has 35 heavy (non-hydrogen) atoms. The summed E-state index contributed by atoms with van der Waals surface area (Å²) in [5, 5.41) is 0. The predicted octanol–water partition coefficient (Wildman–Crippen LogP) is 2.33. The minimum atomic E-state index is -0.857. The minimum absolute atomic E-state index is 0.0346. The van der Waals surface area contributed by atoms with Crippen LogP contribution in [0.4, 0.5) is 0 Å². The maximum Gasteiger partial charge on any atom is 0.338 e. The van der Waals surface area contributed by atoms with Crippen LogP contribution in [0.25, 0.3) is 17.5 Å². The molecular formula is C27H26N2O5S. The standard InChI is InChI=1S/C27H26N2O5S/c1-4-33-26(31)21-20(18-13-9-6-10-14-18)22(27(32)34-16(2)3)25-29(23(21)28)24(30)19(35-25)15-17-11-7-5-8-12-17/h5-16,20H,4,28H2,1-3H3/b19-15+/t20-/m0/s1. The van der Waals surface area contributed by atoms with Gasteiger partial charge >= 0.3 is 11.9 Å². The molecule has 3 aromatic rings. The van der Waals surface area contributed by atoms with E-state index in [0.717, 1.165) is 16.9 Å². The van der Waals surface area contributed by atoms with Crippen LogP contribution in [0.15, 0.2) is 71.0 Å². The zero-order valence-electron chi connectivity index (χ0n) is 19.7. The fourth-order valence-electron chi connectivity index (χ4n) is 4.01. The van der Waals surface area contributed by atoms with Gasteiger partial charge in [0.05, 0.1) is 34.3 Å². The van der Waals surface area contributed by atoms with Crippen molar-refractivity contribution in [1.82, 2.24) is 4.57 Å². The molecule has 1 aromatic heterocycles. The van der Waals surface area contributed by atoms with Gasteiger partial charge in [-0.05, 0) is 38.0 Å². The highest BCUT2D eigenvalue weighted by Gasteiger charge is 2.40. The molecule has 4 rings (SSSR count). The number of carbonyl (C=O) groups is 2. The Morgan fingerprint density at radius 2 is 1.66 bits per heavy atom. The first-order valence-corrected chi connectivity index (χ1v) is 12.1. The fourth-order valence-corrected chi connectivity index (χ4v) is 5.18. The lowest BCUT2D eigenvalue weighted by Crippen LogP contribution is -2.42. The van der Waals surface area contributed by atoms with Crippen molar-refractivity contribution >= 4 is 40.7 Å². The molecule has 1 atom stereocenters. The molecule has 0 radical (unpaired) electrons. The Balaban J connectivity index is 2.11. The number of thiazole rings is 1. The van der Waals surface area contributed by atoms with Crippen molar-refractivity contribution in [3.05, 3.63) is 96.9 Å². The highest BCUT2D eigenvalue weighted by atomic mass is 32.1. The molecule has 2 heterocycles. The summed E-state index contributed by atoms with van der Waals surface area (Å²) in [5.41, 5.74) is 7.76. The predicted molar refractivity (Wildman–Crippen MR) is 136 cm³/mol. The zero-order valence-corrected chi connectivity index (χ0v) is 20.5. The molecule has 8 heteroatoms. The normalized spacial score (nSPS) is 15.8. The van der Waals surface area contributed by atoms with Crippen LogP contribution < -0.4 is 20.5 Å². The SMILES string of the molecule is CCOC(=O)C1=C(N)n2c(s/c(=C/c3ccccc3)c2=O)=C(C(=O)OC(C)C)[C@H]1c1ccccc1. The van der Waals surface area contributed by atoms with Crippen molar-refractivity contribution in [2.24, 2.45) is 5.73 Å². The first kappa shape index (κ1) is 24.2. The van der Waals surface area contributed by atoms with Gasteiger partial charge in [-0.15, -0.1) is 11.3 Å². The van der Waals surface area contributed by atoms with E-state index in [1.54, 1.807) is 39.0 Å². The van der Waals surface area contributed by atoms with E-state index in [2.05, 4.69) is 0 Å². The number of aromatic nitrogens is 1. The molecule has 0 bridgehead atoms. The summed E-state index contributed by atoms with van der Waals surface area (Å²) < 4.78 is 12.8. The maximum atomic E-state index is 13.5. The van der Waals surface area contributed by atoms with E-state index in [-0.39, 0.29) is 23.6 Å². The summed E-state index contributed by atoms with van der Waals surface area (Å²) in [6.45, 7) is 5.28. The van der Waals surface area contributed by atoms with Crippen molar-refractivity contribution in [2.45, 2.75) is 32.8 Å². The number of fused-ring (bicyclic) bond motifs is 1. The maximum absolute atomic E-state index is 13.5. The van der Waals surface area contributed by atoms with Crippen LogP contribution in [0, 0.1) is 0 Å². The third-order valence-electron chi connectivity index (χ3n) is 5.44. The van der Waals surface area contributed by atoms with Gasteiger partial charge in [0.15, 0.2) is 0 Å². The molecule has 1 aliphatic heterocycles. The van der Waals surface area contributed by atoms with Gasteiger partial charge in [0.25, 0.3) is 5.56 Å². The minimum Gasteiger partial charge on any atom is -0.463 e. The Morgan fingerprint density at radius 3 is 2.26 bits per heavy atom. The Hall–Kier alpha value is -3.91. The number of hydrogen-bond acceptors (Lipinski definition) is 7. The summed E-state index contributed by atoms with van der Waals surface area (Å²) >= 11 is 1.14. The summed E-state index contributed by atoms with van der Waals surface area (Å²) in [6.07, 6.45) is 1.33. The molecule has 0 saturated carbocycles. The quantitative estimate of drug-likeness (QED) is 0.533. The lowest BCUT2D eigenvalue weighted by Gasteiger charge is -2.27. The third kappa shape index (κ3) is 4.70. The summed E-state index contributed by atoms with van der Waals surface area (Å²) in [7, 11) is 0. The molecular weight excluding hydrogens is 464 g/mol. The van der Waals surface area contributed by atoms with Crippen LogP contribution >= 0.6 is 11.3 Å². The lowest BCUT2D eigenvalue weighted by molar-refractivity contribution is -0.140. The second kappa shape index (κ2) is 10.1. The van der Waals surface area contributed by atoms with Crippen LogP contribution in [0.1, 0.15) is 37.8 Å². The number of rotatable bonds is 6. The number of nitrogens with zero attached hydrogens (tertiary/aromatic N) is 1. The first-order valence-electron chi connectivity index (χ1n) is 11.3. The number of nitrogens with two attached hydrogens (primary N) is 1. The van der Waals surface area contributed by atoms with Crippen molar-refractivity contribution in [3.8, 4) is 0 Å². The monoisotopic (exact) mass is 490 g/mol. The molecule has 2 aromatic carbocycles. The molecule has 0 unspecified atom stereocenters. The van der Waals surface area contributed by atoms with E-state index < -0.39 is 29.5 Å². The molecule has 0 saturated heterocycles. The van der Waals surface area contributed by atoms with Crippen molar-refractivity contribution < 1.29 is 19.1 Å². The molecule has 2 N–H and O–H groups in total. The fraction of sp³-hybridized carbons (Fsp3) is 0.222. The lowest BCUT2D eigenvalue weighted by atomic mass is 9.83. The smallest absolute Gasteiger partial charge is 0.338 e. The van der Waals surface area contributed by atoms with Gasteiger partial charge in [0, 0.05) is 0 Å². The zero-order chi connectivity index (χ0) is 25.1. The summed E-state index contributed by atoms with van der Waals surface area (Å²) in [6, 6.07) is 18.4.